The van der Waals surface area contributed by atoms with Crippen molar-refractivity contribution in [1.29, 1.82) is 0 Å². The van der Waals surface area contributed by atoms with Gasteiger partial charge in [-0.3, -0.25) is 0 Å². The van der Waals surface area contributed by atoms with Crippen molar-refractivity contribution in [3.63, 3.8) is 0 Å². The number of hydrogen-bond donors (Lipinski definition) is 1. The summed E-state index contributed by atoms with van der Waals surface area (Å²) in [5, 5.41) is 10.00. The zero-order valence-corrected chi connectivity index (χ0v) is 8.51. The minimum absolute atomic E-state index is 0.126. The van der Waals surface area contributed by atoms with Crippen molar-refractivity contribution in [2.45, 2.75) is 42.4 Å². The van der Waals surface area contributed by atoms with Gasteiger partial charge in [0.15, 0.2) is 0 Å². The molecule has 1 aromatic rings. The monoisotopic (exact) mass is 198 g/mol. The Morgan fingerprint density at radius 3 is 2.92 bits per heavy atom. The van der Waals surface area contributed by atoms with Crippen LogP contribution in [0.1, 0.15) is 25.0 Å². The molecule has 1 fully saturated rings. The number of hydrogen-bond acceptors (Lipinski definition) is 3. The van der Waals surface area contributed by atoms with E-state index in [1.165, 1.54) is 4.90 Å². The van der Waals surface area contributed by atoms with Gasteiger partial charge in [-0.1, -0.05) is 0 Å². The van der Waals surface area contributed by atoms with Crippen molar-refractivity contribution < 1.29 is 9.52 Å². The molecule has 2 unspecified atom stereocenters. The Hall–Kier alpha value is -0.410. The van der Waals surface area contributed by atoms with Gasteiger partial charge in [-0.25, -0.2) is 0 Å². The molecule has 1 aliphatic rings. The van der Waals surface area contributed by atoms with Gasteiger partial charge < -0.3 is 9.52 Å². The normalized spacial score (nSPS) is 28.2. The lowest BCUT2D eigenvalue weighted by Gasteiger charge is -2.12. The van der Waals surface area contributed by atoms with E-state index in [-0.39, 0.29) is 6.10 Å². The maximum absolute atomic E-state index is 9.63. The Labute approximate surface area is 82.3 Å². The molecule has 2 rings (SSSR count). The van der Waals surface area contributed by atoms with Gasteiger partial charge in [-0.05, 0) is 32.3 Å². The van der Waals surface area contributed by atoms with Crippen molar-refractivity contribution in [2.24, 2.45) is 0 Å². The highest BCUT2D eigenvalue weighted by Crippen LogP contribution is 2.36. The second-order valence-corrected chi connectivity index (χ2v) is 4.78. The van der Waals surface area contributed by atoms with Crippen LogP contribution >= 0.6 is 11.8 Å². The Morgan fingerprint density at radius 2 is 2.38 bits per heavy atom. The molecular formula is C10H14O2S. The van der Waals surface area contributed by atoms with E-state index in [9.17, 15) is 5.11 Å². The second kappa shape index (κ2) is 3.76. The summed E-state index contributed by atoms with van der Waals surface area (Å²) in [5.74, 6) is 0.962. The Morgan fingerprint density at radius 1 is 1.54 bits per heavy atom. The van der Waals surface area contributed by atoms with Gasteiger partial charge in [0, 0.05) is 10.1 Å². The first-order valence-corrected chi connectivity index (χ1v) is 5.54. The smallest absolute Gasteiger partial charge is 0.114 e. The van der Waals surface area contributed by atoms with Crippen LogP contribution in [-0.2, 0) is 0 Å². The Kier molecular flexibility index (Phi) is 2.65. The third-order valence-electron chi connectivity index (χ3n) is 2.51. The topological polar surface area (TPSA) is 33.4 Å². The van der Waals surface area contributed by atoms with Crippen molar-refractivity contribution >= 4 is 11.8 Å². The van der Waals surface area contributed by atoms with Gasteiger partial charge in [0.1, 0.15) is 5.76 Å². The maximum atomic E-state index is 9.63. The van der Waals surface area contributed by atoms with Gasteiger partial charge in [0.25, 0.3) is 0 Å². The van der Waals surface area contributed by atoms with Crippen LogP contribution < -0.4 is 0 Å². The summed E-state index contributed by atoms with van der Waals surface area (Å²) < 4.78 is 5.21. The Bertz CT molecular complexity index is 282. The molecule has 1 heterocycles. The number of aliphatic hydroxyl groups is 1. The number of aliphatic hydroxyl groups excluding tert-OH is 1. The molecule has 72 valence electrons. The average molecular weight is 198 g/mol. The number of furan rings is 1. The molecular weight excluding hydrogens is 184 g/mol. The standard InChI is InChI=1S/C10H14O2S/c1-7-9(5-6-12-7)13-10-4-2-3-8(10)11/h5-6,8,10-11H,2-4H2,1H3. The molecule has 3 heteroatoms. The van der Waals surface area contributed by atoms with Crippen molar-refractivity contribution in [3.8, 4) is 0 Å². The lowest BCUT2D eigenvalue weighted by atomic mass is 10.3. The highest BCUT2D eigenvalue weighted by Gasteiger charge is 2.26. The summed E-state index contributed by atoms with van der Waals surface area (Å²) in [6, 6.07) is 1.98. The summed E-state index contributed by atoms with van der Waals surface area (Å²) in [5.41, 5.74) is 0. The fourth-order valence-corrected chi connectivity index (χ4v) is 2.95. The molecule has 0 bridgehead atoms. The fraction of sp³-hybridized carbons (Fsp3) is 0.600. The van der Waals surface area contributed by atoms with Gasteiger partial charge in [0.05, 0.1) is 12.4 Å². The van der Waals surface area contributed by atoms with Gasteiger partial charge in [-0.2, -0.15) is 0 Å². The molecule has 1 aromatic heterocycles. The van der Waals surface area contributed by atoms with Crippen LogP contribution in [0.4, 0.5) is 0 Å². The molecule has 13 heavy (non-hydrogen) atoms. The molecule has 0 radical (unpaired) electrons. The summed E-state index contributed by atoms with van der Waals surface area (Å²) in [7, 11) is 0. The molecule has 0 amide bonds. The van der Waals surface area contributed by atoms with Crippen molar-refractivity contribution in [1.82, 2.24) is 0 Å². The summed E-state index contributed by atoms with van der Waals surface area (Å²) in [6.07, 6.45) is 4.80. The van der Waals surface area contributed by atoms with Crippen LogP contribution in [0.2, 0.25) is 0 Å². The first-order valence-electron chi connectivity index (χ1n) is 4.66. The first-order chi connectivity index (χ1) is 6.27. The lowest BCUT2D eigenvalue weighted by molar-refractivity contribution is 0.188. The predicted octanol–water partition coefficient (Wildman–Crippen LogP) is 2.59. The number of aryl methyl sites for hydroxylation is 1. The fourth-order valence-electron chi connectivity index (χ4n) is 1.70. The molecule has 2 atom stereocenters. The van der Waals surface area contributed by atoms with Crippen molar-refractivity contribution in [3.05, 3.63) is 18.1 Å². The van der Waals surface area contributed by atoms with Crippen LogP contribution in [-0.4, -0.2) is 16.5 Å². The maximum Gasteiger partial charge on any atom is 0.114 e. The van der Waals surface area contributed by atoms with E-state index in [1.807, 2.05) is 13.0 Å². The third-order valence-corrected chi connectivity index (χ3v) is 4.04. The summed E-state index contributed by atoms with van der Waals surface area (Å²) in [6.45, 7) is 1.96. The zero-order chi connectivity index (χ0) is 9.26. The van der Waals surface area contributed by atoms with E-state index in [4.69, 9.17) is 4.42 Å². The zero-order valence-electron chi connectivity index (χ0n) is 7.69. The molecule has 0 aromatic carbocycles. The van der Waals surface area contributed by atoms with Crippen LogP contribution in [0.5, 0.6) is 0 Å². The van der Waals surface area contributed by atoms with Crippen LogP contribution in [0.15, 0.2) is 21.6 Å². The quantitative estimate of drug-likeness (QED) is 0.793. The summed E-state index contributed by atoms with van der Waals surface area (Å²) in [4.78, 5) is 1.17. The molecule has 1 aliphatic carbocycles. The lowest BCUT2D eigenvalue weighted by Crippen LogP contribution is -2.14. The van der Waals surface area contributed by atoms with Gasteiger partial charge >= 0.3 is 0 Å². The van der Waals surface area contributed by atoms with Gasteiger partial charge in [-0.15, -0.1) is 11.8 Å². The SMILES string of the molecule is Cc1occc1SC1CCCC1O. The largest absolute Gasteiger partial charge is 0.468 e. The minimum Gasteiger partial charge on any atom is -0.468 e. The molecule has 0 aliphatic heterocycles. The van der Waals surface area contributed by atoms with E-state index in [0.717, 1.165) is 25.0 Å². The van der Waals surface area contributed by atoms with E-state index >= 15 is 0 Å². The van der Waals surface area contributed by atoms with E-state index in [0.29, 0.717) is 5.25 Å². The van der Waals surface area contributed by atoms with E-state index in [1.54, 1.807) is 18.0 Å². The number of thioether (sulfide) groups is 1. The van der Waals surface area contributed by atoms with E-state index < -0.39 is 0 Å². The second-order valence-electron chi connectivity index (χ2n) is 3.50. The third kappa shape index (κ3) is 1.92. The summed E-state index contributed by atoms with van der Waals surface area (Å²) >= 11 is 1.75. The molecule has 1 N–H and O–H groups in total. The van der Waals surface area contributed by atoms with Gasteiger partial charge in [0.2, 0.25) is 0 Å². The van der Waals surface area contributed by atoms with Crippen LogP contribution in [0.3, 0.4) is 0 Å². The molecule has 2 nitrogen and oxygen atoms in total. The average Bonchev–Trinajstić information content (AvgIpc) is 2.65. The molecule has 0 saturated heterocycles. The van der Waals surface area contributed by atoms with Crippen molar-refractivity contribution in [2.75, 3.05) is 0 Å². The van der Waals surface area contributed by atoms with Crippen LogP contribution in [0, 0.1) is 6.92 Å². The van der Waals surface area contributed by atoms with E-state index in [2.05, 4.69) is 0 Å². The minimum atomic E-state index is -0.126. The Balaban J connectivity index is 2.01. The van der Waals surface area contributed by atoms with Crippen LogP contribution in [0.25, 0.3) is 0 Å². The molecule has 0 spiro atoms. The predicted molar refractivity (Wildman–Crippen MR) is 52.9 cm³/mol. The number of rotatable bonds is 2. The highest BCUT2D eigenvalue weighted by molar-refractivity contribution is 8.00. The molecule has 1 saturated carbocycles. The highest BCUT2D eigenvalue weighted by atomic mass is 32.2. The first kappa shape index (κ1) is 9.16.